The van der Waals surface area contributed by atoms with Gasteiger partial charge in [-0.1, -0.05) is 6.07 Å². The van der Waals surface area contributed by atoms with Crippen LogP contribution in [0.2, 0.25) is 0 Å². The molecule has 1 aromatic carbocycles. The molecule has 122 valence electrons. The summed E-state index contributed by atoms with van der Waals surface area (Å²) in [4.78, 5) is 23.9. The molecule has 2 aromatic rings. The summed E-state index contributed by atoms with van der Waals surface area (Å²) in [6.07, 6.45) is 3.11. The molecule has 8 heteroatoms. The van der Waals surface area contributed by atoms with Crippen LogP contribution >= 0.6 is 0 Å². The van der Waals surface area contributed by atoms with E-state index in [4.69, 9.17) is 0 Å². The number of rotatable bonds is 5. The molecule has 0 saturated heterocycles. The zero-order valence-corrected chi connectivity index (χ0v) is 12.9. The van der Waals surface area contributed by atoms with E-state index in [0.29, 0.717) is 18.8 Å². The smallest absolute Gasteiger partial charge is 0.319 e. The van der Waals surface area contributed by atoms with Crippen molar-refractivity contribution in [1.82, 2.24) is 15.1 Å². The van der Waals surface area contributed by atoms with Crippen LogP contribution in [0, 0.1) is 5.82 Å². The normalized spacial score (nSPS) is 10.2. The predicted octanol–water partition coefficient (Wildman–Crippen LogP) is 2.44. The average molecular weight is 319 g/mol. The van der Waals surface area contributed by atoms with Crippen molar-refractivity contribution in [3.8, 4) is 0 Å². The number of amides is 3. The van der Waals surface area contributed by atoms with Gasteiger partial charge in [-0.3, -0.25) is 9.48 Å². The number of aryl methyl sites for hydroxylation is 1. The third-order valence-electron chi connectivity index (χ3n) is 3.04. The summed E-state index contributed by atoms with van der Waals surface area (Å²) >= 11 is 0. The highest BCUT2D eigenvalue weighted by molar-refractivity contribution is 6.10. The SMILES string of the molecule is CCNC(=O)Nc1cccc(F)c1C(=O)Nc1cnn(CC)c1. The predicted molar refractivity (Wildman–Crippen MR) is 84.9 cm³/mol. The van der Waals surface area contributed by atoms with Gasteiger partial charge < -0.3 is 16.0 Å². The maximum Gasteiger partial charge on any atom is 0.319 e. The van der Waals surface area contributed by atoms with E-state index in [0.717, 1.165) is 6.07 Å². The van der Waals surface area contributed by atoms with Crippen LogP contribution in [0.15, 0.2) is 30.6 Å². The summed E-state index contributed by atoms with van der Waals surface area (Å²) < 4.78 is 15.7. The van der Waals surface area contributed by atoms with E-state index in [1.54, 1.807) is 17.8 Å². The van der Waals surface area contributed by atoms with Crippen molar-refractivity contribution < 1.29 is 14.0 Å². The number of carbonyl (C=O) groups is 2. The van der Waals surface area contributed by atoms with Crippen molar-refractivity contribution in [2.45, 2.75) is 20.4 Å². The van der Waals surface area contributed by atoms with Gasteiger partial charge in [0.25, 0.3) is 5.91 Å². The van der Waals surface area contributed by atoms with Gasteiger partial charge in [-0.2, -0.15) is 5.10 Å². The Morgan fingerprint density at radius 3 is 2.70 bits per heavy atom. The van der Waals surface area contributed by atoms with Crippen molar-refractivity contribution in [2.24, 2.45) is 0 Å². The number of aromatic nitrogens is 2. The molecular weight excluding hydrogens is 301 g/mol. The average Bonchev–Trinajstić information content (AvgIpc) is 2.95. The molecule has 1 aromatic heterocycles. The lowest BCUT2D eigenvalue weighted by molar-refractivity contribution is 0.102. The number of carbonyl (C=O) groups excluding carboxylic acids is 2. The van der Waals surface area contributed by atoms with Crippen LogP contribution in [-0.2, 0) is 6.54 Å². The highest BCUT2D eigenvalue weighted by Crippen LogP contribution is 2.20. The third kappa shape index (κ3) is 4.06. The van der Waals surface area contributed by atoms with E-state index in [1.807, 2.05) is 6.92 Å². The first-order chi connectivity index (χ1) is 11.0. The van der Waals surface area contributed by atoms with E-state index in [1.165, 1.54) is 18.3 Å². The van der Waals surface area contributed by atoms with Gasteiger partial charge in [0, 0.05) is 19.3 Å². The lowest BCUT2D eigenvalue weighted by Crippen LogP contribution is -2.29. The summed E-state index contributed by atoms with van der Waals surface area (Å²) in [6.45, 7) is 4.73. The molecule has 0 bridgehead atoms. The number of nitrogens with zero attached hydrogens (tertiary/aromatic N) is 2. The monoisotopic (exact) mass is 319 g/mol. The summed E-state index contributed by atoms with van der Waals surface area (Å²) in [6, 6.07) is 3.53. The van der Waals surface area contributed by atoms with Crippen LogP contribution in [0.5, 0.6) is 0 Å². The zero-order valence-electron chi connectivity index (χ0n) is 12.9. The molecule has 23 heavy (non-hydrogen) atoms. The van der Waals surface area contributed by atoms with Crippen LogP contribution in [0.1, 0.15) is 24.2 Å². The third-order valence-corrected chi connectivity index (χ3v) is 3.04. The molecule has 0 aliphatic rings. The molecule has 3 amide bonds. The van der Waals surface area contributed by atoms with Gasteiger partial charge in [-0.15, -0.1) is 0 Å². The molecule has 0 unspecified atom stereocenters. The Balaban J connectivity index is 2.22. The molecular formula is C15H18FN5O2. The molecule has 7 nitrogen and oxygen atoms in total. The minimum atomic E-state index is -0.723. The number of nitrogens with one attached hydrogen (secondary N) is 3. The Labute approximate surface area is 132 Å². The second-order valence-corrected chi connectivity index (χ2v) is 4.69. The number of benzene rings is 1. The molecule has 0 spiro atoms. The largest absolute Gasteiger partial charge is 0.338 e. The fourth-order valence-corrected chi connectivity index (χ4v) is 1.98. The molecule has 0 atom stereocenters. The summed E-state index contributed by atoms with van der Waals surface area (Å²) in [7, 11) is 0. The molecule has 3 N–H and O–H groups in total. The van der Waals surface area contributed by atoms with Gasteiger partial charge in [0.05, 0.1) is 23.1 Å². The standard InChI is InChI=1S/C15H18FN5O2/c1-3-17-15(23)20-12-7-5-6-11(16)13(12)14(22)19-10-8-18-21(4-2)9-10/h5-9H,3-4H2,1-2H3,(H,19,22)(H2,17,20,23). The Bertz CT molecular complexity index is 714. The Kier molecular flexibility index (Phi) is 5.29. The van der Waals surface area contributed by atoms with Crippen LogP contribution < -0.4 is 16.0 Å². The van der Waals surface area contributed by atoms with Crippen LogP contribution in [0.4, 0.5) is 20.6 Å². The molecule has 1 heterocycles. The first-order valence-corrected chi connectivity index (χ1v) is 7.22. The van der Waals surface area contributed by atoms with Crippen LogP contribution in [0.25, 0.3) is 0 Å². The van der Waals surface area contributed by atoms with Crippen molar-refractivity contribution in [2.75, 3.05) is 17.2 Å². The number of urea groups is 1. The number of hydrogen-bond donors (Lipinski definition) is 3. The zero-order chi connectivity index (χ0) is 16.8. The maximum atomic E-state index is 14.1. The van der Waals surface area contributed by atoms with Gasteiger partial charge in [0.15, 0.2) is 0 Å². The molecule has 2 rings (SSSR count). The van der Waals surface area contributed by atoms with Crippen molar-refractivity contribution in [1.29, 1.82) is 0 Å². The lowest BCUT2D eigenvalue weighted by Gasteiger charge is -2.12. The molecule has 0 aliphatic heterocycles. The molecule has 0 saturated carbocycles. The molecule has 0 aliphatic carbocycles. The topological polar surface area (TPSA) is 88.1 Å². The highest BCUT2D eigenvalue weighted by atomic mass is 19.1. The molecule has 0 radical (unpaired) electrons. The van der Waals surface area contributed by atoms with E-state index < -0.39 is 17.8 Å². The van der Waals surface area contributed by atoms with Crippen LogP contribution in [-0.4, -0.2) is 28.3 Å². The first-order valence-electron chi connectivity index (χ1n) is 7.22. The quantitative estimate of drug-likeness (QED) is 0.791. The fourth-order valence-electron chi connectivity index (χ4n) is 1.98. The number of halogens is 1. The Hall–Kier alpha value is -2.90. The fraction of sp³-hybridized carbons (Fsp3) is 0.267. The lowest BCUT2D eigenvalue weighted by atomic mass is 10.1. The van der Waals surface area contributed by atoms with E-state index in [-0.39, 0.29) is 11.3 Å². The van der Waals surface area contributed by atoms with Gasteiger partial charge >= 0.3 is 6.03 Å². The van der Waals surface area contributed by atoms with Crippen molar-refractivity contribution >= 4 is 23.3 Å². The van der Waals surface area contributed by atoms with E-state index in [9.17, 15) is 14.0 Å². The van der Waals surface area contributed by atoms with Gasteiger partial charge in [0.1, 0.15) is 5.82 Å². The van der Waals surface area contributed by atoms with Crippen molar-refractivity contribution in [3.05, 3.63) is 42.0 Å². The first kappa shape index (κ1) is 16.5. The summed E-state index contributed by atoms with van der Waals surface area (Å²) in [5, 5.41) is 11.6. The summed E-state index contributed by atoms with van der Waals surface area (Å²) in [5.41, 5.74) is 0.309. The Morgan fingerprint density at radius 1 is 1.26 bits per heavy atom. The number of anilines is 2. The maximum absolute atomic E-state index is 14.1. The van der Waals surface area contributed by atoms with Crippen LogP contribution in [0.3, 0.4) is 0 Å². The van der Waals surface area contributed by atoms with E-state index in [2.05, 4.69) is 21.0 Å². The van der Waals surface area contributed by atoms with E-state index >= 15 is 0 Å². The number of hydrogen-bond acceptors (Lipinski definition) is 3. The van der Waals surface area contributed by atoms with Gasteiger partial charge in [-0.05, 0) is 26.0 Å². The molecule has 0 fully saturated rings. The summed E-state index contributed by atoms with van der Waals surface area (Å²) in [5.74, 6) is -1.38. The van der Waals surface area contributed by atoms with Crippen molar-refractivity contribution in [3.63, 3.8) is 0 Å². The second kappa shape index (κ2) is 7.39. The Morgan fingerprint density at radius 2 is 2.04 bits per heavy atom. The van der Waals surface area contributed by atoms with Gasteiger partial charge in [-0.25, -0.2) is 9.18 Å². The minimum absolute atomic E-state index is 0.0938. The second-order valence-electron chi connectivity index (χ2n) is 4.69. The highest BCUT2D eigenvalue weighted by Gasteiger charge is 2.18. The minimum Gasteiger partial charge on any atom is -0.338 e. The van der Waals surface area contributed by atoms with Gasteiger partial charge in [0.2, 0.25) is 0 Å².